The third-order valence-electron chi connectivity index (χ3n) is 6.99. The van der Waals surface area contributed by atoms with Crippen molar-refractivity contribution in [2.24, 2.45) is 17.8 Å². The lowest BCUT2D eigenvalue weighted by atomic mass is 9.84. The zero-order valence-electron chi connectivity index (χ0n) is 18.2. The first kappa shape index (κ1) is 21.7. The van der Waals surface area contributed by atoms with E-state index in [2.05, 4.69) is 12.2 Å². The van der Waals surface area contributed by atoms with Gasteiger partial charge in [-0.2, -0.15) is 0 Å². The molecular formula is C24H30N2O4S. The van der Waals surface area contributed by atoms with Gasteiger partial charge in [-0.25, -0.2) is 8.42 Å². The van der Waals surface area contributed by atoms with E-state index >= 15 is 0 Å². The summed E-state index contributed by atoms with van der Waals surface area (Å²) in [6.07, 6.45) is 5.12. The van der Waals surface area contributed by atoms with Crippen LogP contribution >= 0.6 is 0 Å². The van der Waals surface area contributed by atoms with Crippen LogP contribution in [-0.2, 0) is 10.0 Å². The Bertz CT molecular complexity index is 1050. The second kappa shape index (κ2) is 8.54. The summed E-state index contributed by atoms with van der Waals surface area (Å²) in [4.78, 5) is 12.9. The number of hydrogen-bond acceptors (Lipinski definition) is 4. The summed E-state index contributed by atoms with van der Waals surface area (Å²) < 4.78 is 32.6. The molecule has 6 nitrogen and oxygen atoms in total. The van der Waals surface area contributed by atoms with Gasteiger partial charge in [0.05, 0.1) is 17.7 Å². The predicted octanol–water partition coefficient (Wildman–Crippen LogP) is 4.07. The molecule has 0 heterocycles. The van der Waals surface area contributed by atoms with E-state index in [1.807, 2.05) is 0 Å². The number of nitrogens with zero attached hydrogens (tertiary/aromatic N) is 1. The van der Waals surface area contributed by atoms with Gasteiger partial charge >= 0.3 is 0 Å². The zero-order valence-corrected chi connectivity index (χ0v) is 19.1. The van der Waals surface area contributed by atoms with Crippen LogP contribution in [0.5, 0.6) is 5.75 Å². The van der Waals surface area contributed by atoms with Crippen LogP contribution in [0.1, 0.15) is 43.0 Å². The summed E-state index contributed by atoms with van der Waals surface area (Å²) in [7, 11) is -0.792. The normalized spacial score (nSPS) is 23.4. The van der Waals surface area contributed by atoms with Crippen LogP contribution in [-0.4, -0.2) is 34.5 Å². The number of para-hydroxylation sites is 2. The molecule has 2 saturated carbocycles. The van der Waals surface area contributed by atoms with Gasteiger partial charge in [0.1, 0.15) is 5.75 Å². The second-order valence-corrected chi connectivity index (χ2v) is 10.7. The molecule has 4 atom stereocenters. The minimum Gasteiger partial charge on any atom is -0.495 e. The van der Waals surface area contributed by atoms with E-state index in [0.29, 0.717) is 22.9 Å². The molecule has 2 aliphatic rings. The Morgan fingerprint density at radius 2 is 1.81 bits per heavy atom. The molecule has 1 amide bonds. The molecule has 0 unspecified atom stereocenters. The zero-order chi connectivity index (χ0) is 22.2. The van der Waals surface area contributed by atoms with Gasteiger partial charge in [0.25, 0.3) is 15.9 Å². The monoisotopic (exact) mass is 442 g/mol. The average molecular weight is 443 g/mol. The van der Waals surface area contributed by atoms with Gasteiger partial charge in [0, 0.05) is 18.7 Å². The molecule has 2 fully saturated rings. The first-order chi connectivity index (χ1) is 14.8. The molecule has 2 aliphatic carbocycles. The van der Waals surface area contributed by atoms with Crippen molar-refractivity contribution in [3.05, 3.63) is 54.1 Å². The largest absolute Gasteiger partial charge is 0.495 e. The number of carbonyl (C=O) groups excluding carboxylic acids is 1. The molecule has 0 saturated heterocycles. The molecule has 7 heteroatoms. The summed E-state index contributed by atoms with van der Waals surface area (Å²) >= 11 is 0. The number of rotatable bonds is 7. The average Bonchev–Trinajstić information content (AvgIpc) is 3.42. The number of benzene rings is 2. The van der Waals surface area contributed by atoms with Crippen molar-refractivity contribution in [1.82, 2.24) is 5.32 Å². The molecule has 0 aromatic heterocycles. The Hall–Kier alpha value is -2.54. The highest BCUT2D eigenvalue weighted by molar-refractivity contribution is 7.92. The van der Waals surface area contributed by atoms with E-state index in [0.717, 1.165) is 11.8 Å². The van der Waals surface area contributed by atoms with Gasteiger partial charge in [0.2, 0.25) is 0 Å². The number of methoxy groups -OCH3 is 1. The van der Waals surface area contributed by atoms with Crippen LogP contribution < -0.4 is 14.4 Å². The lowest BCUT2D eigenvalue weighted by Gasteiger charge is -2.28. The van der Waals surface area contributed by atoms with Crippen LogP contribution in [0.3, 0.4) is 0 Å². The number of carbonyl (C=O) groups is 1. The Morgan fingerprint density at radius 3 is 2.42 bits per heavy atom. The lowest BCUT2D eigenvalue weighted by molar-refractivity contribution is 0.0915. The summed E-state index contributed by atoms with van der Waals surface area (Å²) in [5.74, 6) is 2.44. The second-order valence-electron chi connectivity index (χ2n) is 8.77. The molecule has 0 spiro atoms. The van der Waals surface area contributed by atoms with E-state index in [4.69, 9.17) is 4.74 Å². The number of ether oxygens (including phenoxy) is 1. The fourth-order valence-corrected chi connectivity index (χ4v) is 6.47. The number of amides is 1. The maximum Gasteiger partial charge on any atom is 0.264 e. The number of sulfonamides is 1. The third-order valence-corrected chi connectivity index (χ3v) is 8.78. The number of nitrogens with one attached hydrogen (secondary N) is 1. The van der Waals surface area contributed by atoms with Gasteiger partial charge in [0.15, 0.2) is 0 Å². The molecule has 31 heavy (non-hydrogen) atoms. The Morgan fingerprint density at radius 1 is 1.10 bits per heavy atom. The number of anilines is 1. The van der Waals surface area contributed by atoms with Crippen molar-refractivity contribution in [3.8, 4) is 5.75 Å². The number of hydrogen-bond donors (Lipinski definition) is 1. The smallest absolute Gasteiger partial charge is 0.264 e. The quantitative estimate of drug-likeness (QED) is 0.701. The highest BCUT2D eigenvalue weighted by atomic mass is 32.2. The van der Waals surface area contributed by atoms with Crippen molar-refractivity contribution < 1.29 is 17.9 Å². The first-order valence-corrected chi connectivity index (χ1v) is 12.3. The van der Waals surface area contributed by atoms with E-state index < -0.39 is 10.0 Å². The third kappa shape index (κ3) is 4.15. The van der Waals surface area contributed by atoms with Crippen LogP contribution in [0.2, 0.25) is 0 Å². The maximum absolute atomic E-state index is 13.1. The number of fused-ring (bicyclic) bond motifs is 2. The topological polar surface area (TPSA) is 75.7 Å². The Balaban J connectivity index is 1.46. The molecule has 166 valence electrons. The molecule has 4 rings (SSSR count). The van der Waals surface area contributed by atoms with E-state index in [1.165, 1.54) is 56.3 Å². The van der Waals surface area contributed by atoms with Crippen LogP contribution in [0, 0.1) is 17.8 Å². The van der Waals surface area contributed by atoms with Crippen molar-refractivity contribution in [2.75, 3.05) is 18.5 Å². The highest BCUT2D eigenvalue weighted by Crippen LogP contribution is 2.49. The maximum atomic E-state index is 13.1. The van der Waals surface area contributed by atoms with Gasteiger partial charge in [-0.15, -0.1) is 0 Å². The standard InChI is InChI=1S/C24H30N2O4S/c1-16(21-15-17-8-9-19(21)14-17)25-24(27)18-10-12-20(13-11-18)31(28,29)26(2)22-6-4-5-7-23(22)30-3/h4-7,10-13,16-17,19,21H,8-9,14-15H2,1-3H3,(H,25,27)/t16-,17-,19-,21-/m0/s1. The molecule has 2 bridgehead atoms. The van der Waals surface area contributed by atoms with Crippen LogP contribution in [0.25, 0.3) is 0 Å². The fourth-order valence-electron chi connectivity index (χ4n) is 5.26. The molecule has 2 aromatic carbocycles. The molecule has 1 N–H and O–H groups in total. The molecule has 0 aliphatic heterocycles. The molecular weight excluding hydrogens is 412 g/mol. The van der Waals surface area contributed by atoms with Crippen molar-refractivity contribution >= 4 is 21.6 Å². The Labute approximate surface area is 184 Å². The lowest BCUT2D eigenvalue weighted by Crippen LogP contribution is -2.40. The molecule has 0 radical (unpaired) electrons. The minimum atomic E-state index is -3.79. The highest BCUT2D eigenvalue weighted by Gasteiger charge is 2.42. The van der Waals surface area contributed by atoms with Crippen LogP contribution in [0.4, 0.5) is 5.69 Å². The van der Waals surface area contributed by atoms with Crippen molar-refractivity contribution in [1.29, 1.82) is 0 Å². The fraction of sp³-hybridized carbons (Fsp3) is 0.458. The first-order valence-electron chi connectivity index (χ1n) is 10.8. The van der Waals surface area contributed by atoms with E-state index in [1.54, 1.807) is 36.4 Å². The van der Waals surface area contributed by atoms with Crippen LogP contribution in [0.15, 0.2) is 53.4 Å². The van der Waals surface area contributed by atoms with Crippen molar-refractivity contribution in [2.45, 2.75) is 43.5 Å². The van der Waals surface area contributed by atoms with Crippen molar-refractivity contribution in [3.63, 3.8) is 0 Å². The Kier molecular flexibility index (Phi) is 5.97. The predicted molar refractivity (Wildman–Crippen MR) is 121 cm³/mol. The summed E-state index contributed by atoms with van der Waals surface area (Å²) in [6, 6.07) is 13.2. The molecule has 2 aromatic rings. The van der Waals surface area contributed by atoms with E-state index in [-0.39, 0.29) is 16.8 Å². The van der Waals surface area contributed by atoms with Gasteiger partial charge in [-0.1, -0.05) is 18.6 Å². The SMILES string of the molecule is COc1ccccc1N(C)S(=O)(=O)c1ccc(C(=O)N[C@@H](C)[C@@H]2C[C@H]3CC[C@H]2C3)cc1. The van der Waals surface area contributed by atoms with Gasteiger partial charge in [-0.3, -0.25) is 9.10 Å². The summed E-state index contributed by atoms with van der Waals surface area (Å²) in [5, 5.41) is 3.13. The minimum absolute atomic E-state index is 0.124. The summed E-state index contributed by atoms with van der Waals surface area (Å²) in [5.41, 5.74) is 0.917. The van der Waals surface area contributed by atoms with Gasteiger partial charge in [-0.05, 0) is 80.3 Å². The van der Waals surface area contributed by atoms with Gasteiger partial charge < -0.3 is 10.1 Å². The summed E-state index contributed by atoms with van der Waals surface area (Å²) in [6.45, 7) is 2.09. The van der Waals surface area contributed by atoms with E-state index in [9.17, 15) is 13.2 Å².